The number of hydroxylamine groups is 2. The number of carbonyl (C=O) groups is 1. The second kappa shape index (κ2) is 4.33. The van der Waals surface area contributed by atoms with E-state index in [1.54, 1.807) is 0 Å². The van der Waals surface area contributed by atoms with Gasteiger partial charge >= 0.3 is 0 Å². The van der Waals surface area contributed by atoms with Gasteiger partial charge in [-0.1, -0.05) is 31.9 Å². The molecule has 0 spiro atoms. The van der Waals surface area contributed by atoms with Crippen molar-refractivity contribution < 1.29 is 14.7 Å². The topological polar surface area (TPSA) is 49.8 Å². The highest BCUT2D eigenvalue weighted by molar-refractivity contribution is 5.80. The van der Waals surface area contributed by atoms with Gasteiger partial charge in [-0.05, 0) is 6.42 Å². The zero-order valence-electron chi connectivity index (χ0n) is 8.93. The lowest BCUT2D eigenvalue weighted by Gasteiger charge is -2.24. The third kappa shape index (κ3) is 2.06. The van der Waals surface area contributed by atoms with E-state index in [0.717, 1.165) is 19.3 Å². The van der Waals surface area contributed by atoms with Gasteiger partial charge in [0, 0.05) is 6.42 Å². The maximum absolute atomic E-state index is 11.8. The number of hydrogen-bond donors (Lipinski definition) is 1. The van der Waals surface area contributed by atoms with Crippen molar-refractivity contribution in [2.24, 2.45) is 0 Å². The van der Waals surface area contributed by atoms with E-state index in [1.807, 2.05) is 19.1 Å². The second-order valence-corrected chi connectivity index (χ2v) is 4.15. The molecule has 1 aliphatic heterocycles. The average molecular weight is 211 g/mol. The molecular formula is C11H17NO3. The Kier molecular flexibility index (Phi) is 3.07. The summed E-state index contributed by atoms with van der Waals surface area (Å²) in [7, 11) is 0. The first-order chi connectivity index (χ1) is 7.22. The van der Waals surface area contributed by atoms with Gasteiger partial charge < -0.3 is 5.11 Å². The summed E-state index contributed by atoms with van der Waals surface area (Å²) in [5.74, 6) is -0.291. The molecule has 2 aliphatic rings. The number of rotatable bonds is 4. The largest absolute Gasteiger partial charge is 0.383 e. The number of fused-ring (bicyclic) bond motifs is 2. The van der Waals surface area contributed by atoms with Crippen LogP contribution >= 0.6 is 0 Å². The molecule has 3 atom stereocenters. The molecular weight excluding hydrogens is 194 g/mol. The van der Waals surface area contributed by atoms with Gasteiger partial charge in [0.15, 0.2) is 0 Å². The highest BCUT2D eigenvalue weighted by Crippen LogP contribution is 2.29. The molecule has 4 heteroatoms. The molecule has 0 aromatic carbocycles. The minimum Gasteiger partial charge on any atom is -0.383 e. The van der Waals surface area contributed by atoms with Gasteiger partial charge in [-0.3, -0.25) is 9.63 Å². The average Bonchev–Trinajstić information content (AvgIpc) is 2.86. The van der Waals surface area contributed by atoms with Crippen LogP contribution in [0.5, 0.6) is 0 Å². The zero-order valence-corrected chi connectivity index (χ0v) is 8.93. The molecule has 0 radical (unpaired) electrons. The van der Waals surface area contributed by atoms with Crippen molar-refractivity contribution in [3.05, 3.63) is 12.2 Å². The number of aliphatic hydroxyl groups excluding tert-OH is 1. The van der Waals surface area contributed by atoms with E-state index in [-0.39, 0.29) is 18.1 Å². The van der Waals surface area contributed by atoms with Crippen LogP contribution in [0.3, 0.4) is 0 Å². The van der Waals surface area contributed by atoms with Crippen LogP contribution in [-0.2, 0) is 9.63 Å². The standard InChI is InChI=1S/C11H17NO3/c1-2-3-4-10(13)11(14)12-8-5-6-9(7-8)15-12/h5-6,8-10,13H,2-4,7H2,1H3/t8-,9+,10+/m0/s1. The van der Waals surface area contributed by atoms with E-state index in [0.29, 0.717) is 6.42 Å². The summed E-state index contributed by atoms with van der Waals surface area (Å²) in [4.78, 5) is 17.1. The summed E-state index contributed by atoms with van der Waals surface area (Å²) in [6.45, 7) is 2.04. The van der Waals surface area contributed by atoms with Crippen LogP contribution in [0, 0.1) is 0 Å². The van der Waals surface area contributed by atoms with Crippen molar-refractivity contribution in [1.82, 2.24) is 5.06 Å². The molecule has 0 aromatic rings. The molecule has 1 N–H and O–H groups in total. The highest BCUT2D eigenvalue weighted by atomic mass is 16.7. The normalized spacial score (nSPS) is 29.9. The molecule has 4 nitrogen and oxygen atoms in total. The second-order valence-electron chi connectivity index (χ2n) is 4.15. The SMILES string of the molecule is CCCC[C@@H](O)C(=O)N1O[C@@H]2C=C[C@H]1C2. The molecule has 84 valence electrons. The van der Waals surface area contributed by atoms with Gasteiger partial charge in [-0.2, -0.15) is 0 Å². The summed E-state index contributed by atoms with van der Waals surface area (Å²) < 4.78 is 0. The predicted molar refractivity (Wildman–Crippen MR) is 54.8 cm³/mol. The fourth-order valence-electron chi connectivity index (χ4n) is 2.01. The molecule has 0 saturated carbocycles. The first-order valence-electron chi connectivity index (χ1n) is 5.58. The number of amides is 1. The Morgan fingerprint density at radius 2 is 2.47 bits per heavy atom. The monoisotopic (exact) mass is 211 g/mol. The van der Waals surface area contributed by atoms with Crippen molar-refractivity contribution >= 4 is 5.91 Å². The molecule has 2 rings (SSSR count). The summed E-state index contributed by atoms with van der Waals surface area (Å²) in [5, 5.41) is 11.0. The molecule has 1 aliphatic carbocycles. The molecule has 1 saturated heterocycles. The molecule has 0 aromatic heterocycles. The van der Waals surface area contributed by atoms with Gasteiger partial charge in [-0.25, -0.2) is 5.06 Å². The van der Waals surface area contributed by atoms with E-state index in [4.69, 9.17) is 4.84 Å². The third-order valence-corrected chi connectivity index (χ3v) is 2.91. The Morgan fingerprint density at radius 1 is 1.67 bits per heavy atom. The number of hydrogen-bond acceptors (Lipinski definition) is 3. The fraction of sp³-hybridized carbons (Fsp3) is 0.727. The number of unbranched alkanes of at least 4 members (excludes halogenated alkanes) is 1. The fourth-order valence-corrected chi connectivity index (χ4v) is 2.01. The van der Waals surface area contributed by atoms with E-state index in [9.17, 15) is 9.90 Å². The minimum atomic E-state index is -0.905. The van der Waals surface area contributed by atoms with Gasteiger partial charge in [0.2, 0.25) is 0 Å². The van der Waals surface area contributed by atoms with Crippen LogP contribution in [0.4, 0.5) is 0 Å². The summed E-state index contributed by atoms with van der Waals surface area (Å²) in [5.41, 5.74) is 0. The zero-order chi connectivity index (χ0) is 10.8. The summed E-state index contributed by atoms with van der Waals surface area (Å²) >= 11 is 0. The first-order valence-corrected chi connectivity index (χ1v) is 5.58. The Balaban J connectivity index is 1.88. The van der Waals surface area contributed by atoms with Gasteiger partial charge in [-0.15, -0.1) is 0 Å². The Labute approximate surface area is 89.5 Å². The maximum Gasteiger partial charge on any atom is 0.275 e. The van der Waals surface area contributed by atoms with Crippen LogP contribution in [0.25, 0.3) is 0 Å². The Hall–Kier alpha value is -0.870. The van der Waals surface area contributed by atoms with Crippen LogP contribution in [0.1, 0.15) is 32.6 Å². The molecule has 15 heavy (non-hydrogen) atoms. The highest BCUT2D eigenvalue weighted by Gasteiger charge is 2.40. The lowest BCUT2D eigenvalue weighted by molar-refractivity contribution is -0.191. The molecule has 1 fully saturated rings. The minimum absolute atomic E-state index is 0.0392. The van der Waals surface area contributed by atoms with E-state index in [1.165, 1.54) is 5.06 Å². The number of carbonyl (C=O) groups excluding carboxylic acids is 1. The molecule has 0 unspecified atom stereocenters. The smallest absolute Gasteiger partial charge is 0.275 e. The van der Waals surface area contributed by atoms with Gasteiger partial charge in [0.25, 0.3) is 5.91 Å². The summed E-state index contributed by atoms with van der Waals surface area (Å²) in [6.07, 6.45) is 6.28. The van der Waals surface area contributed by atoms with Crippen LogP contribution in [-0.4, -0.2) is 34.3 Å². The predicted octanol–water partition coefficient (Wildman–Crippen LogP) is 1.01. The summed E-state index contributed by atoms with van der Waals surface area (Å²) in [6, 6.07) is 0.0405. The van der Waals surface area contributed by atoms with E-state index in [2.05, 4.69) is 0 Å². The van der Waals surface area contributed by atoms with Crippen molar-refractivity contribution in [3.8, 4) is 0 Å². The molecule has 1 heterocycles. The quantitative estimate of drug-likeness (QED) is 0.706. The van der Waals surface area contributed by atoms with Gasteiger partial charge in [0.05, 0.1) is 6.04 Å². The van der Waals surface area contributed by atoms with Crippen molar-refractivity contribution in [3.63, 3.8) is 0 Å². The maximum atomic E-state index is 11.8. The Bertz CT molecular complexity index is 277. The lowest BCUT2D eigenvalue weighted by Crippen LogP contribution is -2.41. The van der Waals surface area contributed by atoms with Crippen molar-refractivity contribution in [2.75, 3.05) is 0 Å². The number of aliphatic hydroxyl groups is 1. The van der Waals surface area contributed by atoms with Crippen LogP contribution in [0.15, 0.2) is 12.2 Å². The third-order valence-electron chi connectivity index (χ3n) is 2.91. The van der Waals surface area contributed by atoms with Crippen LogP contribution < -0.4 is 0 Å². The van der Waals surface area contributed by atoms with Crippen LogP contribution in [0.2, 0.25) is 0 Å². The first kappa shape index (κ1) is 10.6. The molecule has 2 bridgehead atoms. The number of nitrogens with zero attached hydrogens (tertiary/aromatic N) is 1. The molecule has 1 amide bonds. The lowest BCUT2D eigenvalue weighted by atomic mass is 10.1. The van der Waals surface area contributed by atoms with Gasteiger partial charge in [0.1, 0.15) is 12.2 Å². The van der Waals surface area contributed by atoms with Crippen molar-refractivity contribution in [2.45, 2.75) is 50.9 Å². The Morgan fingerprint density at radius 3 is 3.00 bits per heavy atom. The van der Waals surface area contributed by atoms with E-state index >= 15 is 0 Å². The van der Waals surface area contributed by atoms with E-state index < -0.39 is 6.10 Å². The van der Waals surface area contributed by atoms with Crippen molar-refractivity contribution in [1.29, 1.82) is 0 Å².